The molecular formula is C13H23N3OS. The Morgan fingerprint density at radius 3 is 2.83 bits per heavy atom. The van der Waals surface area contributed by atoms with E-state index in [-0.39, 0.29) is 6.61 Å². The van der Waals surface area contributed by atoms with Gasteiger partial charge in [-0.1, -0.05) is 0 Å². The van der Waals surface area contributed by atoms with Crippen LogP contribution in [0.25, 0.3) is 0 Å². The van der Waals surface area contributed by atoms with Crippen molar-refractivity contribution in [3.05, 3.63) is 21.9 Å². The number of hydrogen-bond acceptors (Lipinski definition) is 3. The second kappa shape index (κ2) is 8.11. The van der Waals surface area contributed by atoms with Gasteiger partial charge in [0, 0.05) is 28.8 Å². The van der Waals surface area contributed by atoms with Gasteiger partial charge in [0.1, 0.15) is 0 Å². The molecule has 5 heteroatoms. The van der Waals surface area contributed by atoms with Gasteiger partial charge in [-0.3, -0.25) is 4.99 Å². The molecule has 1 heterocycles. The Hall–Kier alpha value is -1.07. The number of rotatable bonds is 6. The lowest BCUT2D eigenvalue weighted by Crippen LogP contribution is -2.43. The van der Waals surface area contributed by atoms with Gasteiger partial charge in [0.05, 0.1) is 13.2 Å². The van der Waals surface area contributed by atoms with Gasteiger partial charge < -0.3 is 15.7 Å². The predicted molar refractivity (Wildman–Crippen MR) is 78.4 cm³/mol. The van der Waals surface area contributed by atoms with E-state index in [0.29, 0.717) is 12.6 Å². The van der Waals surface area contributed by atoms with Crippen molar-refractivity contribution in [1.29, 1.82) is 0 Å². The summed E-state index contributed by atoms with van der Waals surface area (Å²) in [7, 11) is 0. The zero-order valence-corrected chi connectivity index (χ0v) is 12.2. The second-order valence-corrected chi connectivity index (χ2v) is 5.62. The van der Waals surface area contributed by atoms with Crippen LogP contribution in [0.3, 0.4) is 0 Å². The van der Waals surface area contributed by atoms with E-state index in [1.54, 1.807) is 0 Å². The van der Waals surface area contributed by atoms with E-state index in [1.165, 1.54) is 9.75 Å². The molecule has 0 fully saturated rings. The summed E-state index contributed by atoms with van der Waals surface area (Å²) in [6.45, 7) is 7.63. The van der Waals surface area contributed by atoms with Crippen molar-refractivity contribution in [2.45, 2.75) is 33.2 Å². The summed E-state index contributed by atoms with van der Waals surface area (Å²) in [6.07, 6.45) is 0.988. The minimum Gasteiger partial charge on any atom is -0.394 e. The van der Waals surface area contributed by atoms with Crippen LogP contribution in [0.1, 0.15) is 23.6 Å². The van der Waals surface area contributed by atoms with Crippen LogP contribution in [-0.2, 0) is 6.42 Å². The van der Waals surface area contributed by atoms with Crippen LogP contribution in [0.5, 0.6) is 0 Å². The Balaban J connectivity index is 2.47. The lowest BCUT2D eigenvalue weighted by Gasteiger charge is -2.17. The molecule has 0 saturated heterocycles. The molecule has 18 heavy (non-hydrogen) atoms. The number of nitrogens with one attached hydrogen (secondary N) is 2. The third kappa shape index (κ3) is 5.51. The van der Waals surface area contributed by atoms with Gasteiger partial charge >= 0.3 is 0 Å². The monoisotopic (exact) mass is 269 g/mol. The molecule has 0 bridgehead atoms. The van der Waals surface area contributed by atoms with Crippen LogP contribution >= 0.6 is 11.3 Å². The molecule has 3 N–H and O–H groups in total. The van der Waals surface area contributed by atoms with Crippen LogP contribution in [0.4, 0.5) is 0 Å². The first-order valence-corrected chi connectivity index (χ1v) is 7.18. The lowest BCUT2D eigenvalue weighted by atomic mass is 10.2. The molecule has 0 spiro atoms. The van der Waals surface area contributed by atoms with Crippen LogP contribution in [0.15, 0.2) is 17.1 Å². The van der Waals surface area contributed by atoms with Crippen LogP contribution in [-0.4, -0.2) is 36.8 Å². The van der Waals surface area contributed by atoms with Gasteiger partial charge in [-0.05, 0) is 32.9 Å². The summed E-state index contributed by atoms with van der Waals surface area (Å²) in [5.41, 5.74) is 0. The summed E-state index contributed by atoms with van der Waals surface area (Å²) in [5, 5.41) is 15.3. The number of hydrogen-bond donors (Lipinski definition) is 3. The molecular weight excluding hydrogens is 246 g/mol. The third-order valence-corrected chi connectivity index (χ3v) is 3.42. The topological polar surface area (TPSA) is 56.7 Å². The second-order valence-electron chi connectivity index (χ2n) is 4.25. The Bertz CT molecular complexity index is 376. The summed E-state index contributed by atoms with van der Waals surface area (Å²) < 4.78 is 0. The van der Waals surface area contributed by atoms with Crippen molar-refractivity contribution in [2.75, 3.05) is 19.7 Å². The number of thiophene rings is 1. The van der Waals surface area contributed by atoms with Gasteiger partial charge in [-0.15, -0.1) is 11.3 Å². The average molecular weight is 269 g/mol. The molecule has 1 rings (SSSR count). The highest BCUT2D eigenvalue weighted by molar-refractivity contribution is 7.11. The van der Waals surface area contributed by atoms with E-state index >= 15 is 0 Å². The highest BCUT2D eigenvalue weighted by Gasteiger charge is 2.07. The van der Waals surface area contributed by atoms with E-state index in [1.807, 2.05) is 18.3 Å². The maximum absolute atomic E-state index is 8.79. The minimum absolute atomic E-state index is 0.0784. The lowest BCUT2D eigenvalue weighted by molar-refractivity contribution is 0.306. The molecule has 0 aliphatic heterocycles. The maximum atomic E-state index is 8.79. The number of aliphatic imine (C=N–C) groups is 1. The number of guanidine groups is 1. The van der Waals surface area contributed by atoms with Crippen molar-refractivity contribution in [1.82, 2.24) is 10.6 Å². The van der Waals surface area contributed by atoms with Crippen molar-refractivity contribution in [2.24, 2.45) is 4.99 Å². The SMILES string of the molecule is CCNC(=NCCO)NC(C)Cc1ccc(C)s1. The van der Waals surface area contributed by atoms with E-state index in [0.717, 1.165) is 18.9 Å². The molecule has 0 saturated carbocycles. The van der Waals surface area contributed by atoms with E-state index < -0.39 is 0 Å². The van der Waals surface area contributed by atoms with E-state index in [9.17, 15) is 0 Å². The molecule has 0 amide bonds. The Morgan fingerprint density at radius 2 is 2.28 bits per heavy atom. The maximum Gasteiger partial charge on any atom is 0.191 e. The first-order chi connectivity index (χ1) is 8.65. The van der Waals surface area contributed by atoms with Crippen LogP contribution in [0, 0.1) is 6.92 Å². The van der Waals surface area contributed by atoms with Crippen molar-refractivity contribution >= 4 is 17.3 Å². The van der Waals surface area contributed by atoms with E-state index in [4.69, 9.17) is 5.11 Å². The van der Waals surface area contributed by atoms with Crippen molar-refractivity contribution in [3.63, 3.8) is 0 Å². The van der Waals surface area contributed by atoms with Gasteiger partial charge in [0.2, 0.25) is 0 Å². The molecule has 1 aromatic heterocycles. The van der Waals surface area contributed by atoms with Gasteiger partial charge in [0.15, 0.2) is 5.96 Å². The Morgan fingerprint density at radius 1 is 1.50 bits per heavy atom. The standard InChI is InChI=1S/C13H23N3OS/c1-4-14-13(15-7-8-17)16-10(2)9-12-6-5-11(3)18-12/h5-6,10,17H,4,7-9H2,1-3H3,(H2,14,15,16). The quantitative estimate of drug-likeness (QED) is 0.542. The smallest absolute Gasteiger partial charge is 0.191 e. The van der Waals surface area contributed by atoms with Crippen molar-refractivity contribution < 1.29 is 5.11 Å². The first-order valence-electron chi connectivity index (χ1n) is 6.36. The molecule has 0 radical (unpaired) electrons. The fourth-order valence-electron chi connectivity index (χ4n) is 1.66. The highest BCUT2D eigenvalue weighted by Crippen LogP contribution is 2.16. The molecule has 0 aliphatic rings. The molecule has 1 atom stereocenters. The summed E-state index contributed by atoms with van der Waals surface area (Å²) >= 11 is 1.83. The molecule has 0 aromatic carbocycles. The predicted octanol–water partition coefficient (Wildman–Crippen LogP) is 1.53. The van der Waals surface area contributed by atoms with Crippen LogP contribution < -0.4 is 10.6 Å². The third-order valence-electron chi connectivity index (χ3n) is 2.40. The number of aliphatic hydroxyl groups is 1. The minimum atomic E-state index is 0.0784. The Kier molecular flexibility index (Phi) is 6.75. The molecule has 102 valence electrons. The summed E-state index contributed by atoms with van der Waals surface area (Å²) in [4.78, 5) is 6.99. The molecule has 0 aliphatic carbocycles. The Labute approximate surface area is 113 Å². The molecule has 1 aromatic rings. The average Bonchev–Trinajstić information content (AvgIpc) is 2.71. The number of nitrogens with zero attached hydrogens (tertiary/aromatic N) is 1. The largest absolute Gasteiger partial charge is 0.394 e. The van der Waals surface area contributed by atoms with Crippen molar-refractivity contribution in [3.8, 4) is 0 Å². The van der Waals surface area contributed by atoms with Gasteiger partial charge in [-0.2, -0.15) is 0 Å². The summed E-state index contributed by atoms with van der Waals surface area (Å²) in [5.74, 6) is 0.771. The fourth-order valence-corrected chi connectivity index (χ4v) is 2.68. The molecule has 4 nitrogen and oxygen atoms in total. The zero-order valence-electron chi connectivity index (χ0n) is 11.4. The fraction of sp³-hybridized carbons (Fsp3) is 0.615. The summed E-state index contributed by atoms with van der Waals surface area (Å²) in [6, 6.07) is 4.65. The van der Waals surface area contributed by atoms with Crippen LogP contribution in [0.2, 0.25) is 0 Å². The van der Waals surface area contributed by atoms with Gasteiger partial charge in [-0.25, -0.2) is 0 Å². The number of aliphatic hydroxyl groups excluding tert-OH is 1. The van der Waals surface area contributed by atoms with E-state index in [2.05, 4.69) is 41.6 Å². The molecule has 1 unspecified atom stereocenters. The first kappa shape index (κ1) is 15.0. The normalized spacial score (nSPS) is 13.4. The zero-order chi connectivity index (χ0) is 13.4. The highest BCUT2D eigenvalue weighted by atomic mass is 32.1. The van der Waals surface area contributed by atoms with Gasteiger partial charge in [0.25, 0.3) is 0 Å². The number of aryl methyl sites for hydroxylation is 1.